The van der Waals surface area contributed by atoms with Crippen LogP contribution in [0, 0.1) is 25.2 Å². The van der Waals surface area contributed by atoms with E-state index in [9.17, 15) is 84.8 Å². The molecule has 38 heteroatoms. The topological polar surface area (TPSA) is 488 Å². The fraction of sp³-hybridized carbons (Fsp3) is 0.213. The van der Waals surface area contributed by atoms with Gasteiger partial charge in [-0.05, 0) is 91.9 Å². The molecule has 0 radical (unpaired) electrons. The molecule has 0 aliphatic carbocycles. The molecular formula is C47H42N12O19S7. The third-order valence-electron chi connectivity index (χ3n) is 11.9. The number of fused-ring (bicyclic) bond motifs is 6. The van der Waals surface area contributed by atoms with Crippen LogP contribution in [0.5, 0.6) is 11.6 Å². The number of azo groups is 3. The molecule has 2 amide bonds. The summed E-state index contributed by atoms with van der Waals surface area (Å²) in [7, 11) is -23.7. The van der Waals surface area contributed by atoms with Gasteiger partial charge >= 0.3 is 0 Å². The number of aromatic hydroxyl groups is 1. The lowest BCUT2D eigenvalue weighted by Crippen LogP contribution is -2.11. The summed E-state index contributed by atoms with van der Waals surface area (Å²) in [5, 5.41) is 52.8. The van der Waals surface area contributed by atoms with Crippen LogP contribution in [0.15, 0.2) is 111 Å². The first-order chi connectivity index (χ1) is 39.6. The molecule has 8 N–H and O–H groups in total. The van der Waals surface area contributed by atoms with Crippen molar-refractivity contribution in [1.82, 2.24) is 14.4 Å². The monoisotopic (exact) mass is 1300 g/mol. The van der Waals surface area contributed by atoms with Gasteiger partial charge in [0.05, 0.1) is 50.3 Å². The number of aryl methyl sites for hydroxylation is 1. The number of ether oxygens (including phenoxy) is 1. The number of nitrogens with one attached hydrogen (secondary N) is 2. The maximum Gasteiger partial charge on any atom is 0.298 e. The van der Waals surface area contributed by atoms with Gasteiger partial charge in [0.1, 0.15) is 55.3 Å². The molecule has 0 saturated carbocycles. The van der Waals surface area contributed by atoms with Crippen molar-refractivity contribution >= 4 is 168 Å². The summed E-state index contributed by atoms with van der Waals surface area (Å²) < 4.78 is 176. The van der Waals surface area contributed by atoms with E-state index in [2.05, 4.69) is 51.3 Å². The predicted molar refractivity (Wildman–Crippen MR) is 307 cm³/mol. The Balaban J connectivity index is 1.22. The second-order valence-corrected chi connectivity index (χ2v) is 27.5. The highest BCUT2D eigenvalue weighted by atomic mass is 32.2. The van der Waals surface area contributed by atoms with Gasteiger partial charge in [0.2, 0.25) is 22.8 Å². The number of thioether (sulfide) groups is 1. The largest absolute Gasteiger partial charge is 0.493 e. The number of pyridine rings is 1. The highest BCUT2D eigenvalue weighted by molar-refractivity contribution is 7.99. The van der Waals surface area contributed by atoms with Crippen molar-refractivity contribution in [3.8, 4) is 17.7 Å². The normalized spacial score (nSPS) is 12.8. The minimum Gasteiger partial charge on any atom is -0.493 e. The molecule has 5 aromatic carbocycles. The minimum atomic E-state index is -5.11. The number of nitrogens with zero attached hydrogens (tertiary/aromatic N) is 10. The highest BCUT2D eigenvalue weighted by Gasteiger charge is 2.29. The second kappa shape index (κ2) is 24.1. The van der Waals surface area contributed by atoms with Crippen LogP contribution in [0.1, 0.15) is 43.4 Å². The fourth-order valence-electron chi connectivity index (χ4n) is 8.24. The second-order valence-electron chi connectivity index (χ2n) is 18.1. The summed E-state index contributed by atoms with van der Waals surface area (Å²) >= 11 is 1.78. The Morgan fingerprint density at radius 3 is 1.99 bits per heavy atom. The van der Waals surface area contributed by atoms with E-state index in [-0.39, 0.29) is 124 Å². The van der Waals surface area contributed by atoms with Gasteiger partial charge in [0, 0.05) is 35.8 Å². The Kier molecular flexibility index (Phi) is 17.9. The van der Waals surface area contributed by atoms with Crippen molar-refractivity contribution in [2.45, 2.75) is 60.1 Å². The number of anilines is 2. The maximum atomic E-state index is 12.7. The molecule has 3 aromatic heterocycles. The van der Waals surface area contributed by atoms with Gasteiger partial charge < -0.3 is 20.5 Å². The van der Waals surface area contributed by atoms with Crippen LogP contribution < -0.4 is 15.4 Å². The smallest absolute Gasteiger partial charge is 0.298 e. The first kappa shape index (κ1) is 63.0. The van der Waals surface area contributed by atoms with Gasteiger partial charge in [-0.25, -0.2) is 9.97 Å². The zero-order chi connectivity index (χ0) is 62.3. The van der Waals surface area contributed by atoms with E-state index in [1.807, 2.05) is 6.07 Å². The average molecular weight is 1300 g/mol. The molecule has 8 aromatic rings. The Labute approximate surface area is 489 Å². The lowest BCUT2D eigenvalue weighted by Gasteiger charge is -2.13. The average Bonchev–Trinajstić information content (AvgIpc) is 1.89. The van der Waals surface area contributed by atoms with Crippen molar-refractivity contribution in [2.24, 2.45) is 30.7 Å². The number of carbonyl (C=O) groups is 2. The molecule has 31 nitrogen and oxygen atoms in total. The van der Waals surface area contributed by atoms with Crippen LogP contribution in [0.25, 0.3) is 37.7 Å². The number of rotatable bonds is 21. The molecule has 0 aliphatic heterocycles. The number of hydrogen-bond donors (Lipinski definition) is 8. The third-order valence-corrected chi connectivity index (χ3v) is 18.2. The molecule has 8 rings (SSSR count). The van der Waals surface area contributed by atoms with Crippen LogP contribution in [0.4, 0.5) is 44.9 Å². The number of hydrogen-bond acceptors (Lipinski definition) is 25. The summed E-state index contributed by atoms with van der Waals surface area (Å²) in [4.78, 5) is 31.2. The molecule has 0 aliphatic rings. The van der Waals surface area contributed by atoms with E-state index in [4.69, 9.17) is 4.74 Å². The fourth-order valence-corrected chi connectivity index (χ4v) is 13.4. The highest BCUT2D eigenvalue weighted by Crippen LogP contribution is 2.46. The van der Waals surface area contributed by atoms with Crippen LogP contribution in [0.2, 0.25) is 0 Å². The molecular weight excluding hydrogens is 1260 g/mol. The van der Waals surface area contributed by atoms with E-state index in [0.29, 0.717) is 5.56 Å². The van der Waals surface area contributed by atoms with Crippen molar-refractivity contribution in [2.75, 3.05) is 34.5 Å². The van der Waals surface area contributed by atoms with Crippen molar-refractivity contribution in [1.29, 1.82) is 5.26 Å². The molecule has 446 valence electrons. The first-order valence-corrected chi connectivity index (χ1v) is 33.2. The van der Waals surface area contributed by atoms with Gasteiger partial charge in [0.25, 0.3) is 50.6 Å². The number of benzene rings is 5. The molecule has 0 fully saturated rings. The van der Waals surface area contributed by atoms with Gasteiger partial charge in [-0.3, -0.25) is 36.8 Å². The predicted octanol–water partition coefficient (Wildman–Crippen LogP) is 9.37. The number of carbonyl (C=O) groups excluding carboxylic acids is 2. The van der Waals surface area contributed by atoms with E-state index in [1.165, 1.54) is 50.2 Å². The zero-order valence-electron chi connectivity index (χ0n) is 43.8. The van der Waals surface area contributed by atoms with Crippen LogP contribution in [-0.4, -0.2) is 120 Å². The lowest BCUT2D eigenvalue weighted by molar-refractivity contribution is -0.115. The summed E-state index contributed by atoms with van der Waals surface area (Å²) in [5.41, 5.74) is -1.90. The summed E-state index contributed by atoms with van der Waals surface area (Å²) in [6, 6.07) is 14.0. The Hall–Kier alpha value is -8.07. The molecule has 0 atom stereocenters. The Bertz CT molecular complexity index is 4890. The minimum absolute atomic E-state index is 0.0144. The van der Waals surface area contributed by atoms with E-state index in [1.54, 1.807) is 6.92 Å². The third kappa shape index (κ3) is 14.5. The SMILES string of the molecule is CC(=O)Nc1cc(N=Nc2cc(OCCCS(=O)(=O)O)c(N=Nc3c(C)c(C#N)c4nc5c(S(=O)(=O)O)c(NC(C)=O)ccc5n4c3O)cc2C)c(SCCCS(=O)(=O)O)cc1N=Nc1nc2c(S(=O)(=O)O)cc3cc(S(=O)(=O)O)ccc3c2s1. The molecule has 0 unspecified atom stereocenters. The van der Waals surface area contributed by atoms with Gasteiger partial charge in [0.15, 0.2) is 11.3 Å². The quantitative estimate of drug-likeness (QED) is 0.0144. The number of nitriles is 1. The maximum absolute atomic E-state index is 12.7. The van der Waals surface area contributed by atoms with Crippen LogP contribution in [-0.2, 0) is 60.2 Å². The van der Waals surface area contributed by atoms with Crippen molar-refractivity contribution in [3.05, 3.63) is 77.4 Å². The van der Waals surface area contributed by atoms with E-state index >= 15 is 0 Å². The number of thiazole rings is 1. The van der Waals surface area contributed by atoms with Crippen molar-refractivity contribution < 1.29 is 84.3 Å². The van der Waals surface area contributed by atoms with Crippen LogP contribution >= 0.6 is 23.1 Å². The number of amides is 2. The van der Waals surface area contributed by atoms with Gasteiger partial charge in [-0.2, -0.15) is 52.5 Å². The zero-order valence-corrected chi connectivity index (χ0v) is 49.6. The van der Waals surface area contributed by atoms with Gasteiger partial charge in [-0.15, -0.1) is 37.3 Å². The standard InChI is InChI=1S/C47H42N12O19S7/c1-22-15-34(55-57-40-23(2)29(21-48)45-51-41-36(59(45)46(40)62)10-9-30(49-24(3)60)44(41)85(75,76)77)37(78-11-5-13-81(63,64)65)19-31(22)53-56-35-18-32(50-25(4)61)33(20-38(35)79-12-6-14-82(66,67)68)54-58-47-52-42-39(84(72,73)74)17-26-16-27(83(69,70)71)7-8-28(26)43(42)80-47/h7-10,15-20,62H,5-6,11-14H2,1-4H3,(H,49,60)(H,50,61)(H,63,64,65)(H,66,67,68)(H,69,70,71)(H,72,73,74)(H,75,76,77). The summed E-state index contributed by atoms with van der Waals surface area (Å²) in [6.07, 6.45) is -0.336. The van der Waals surface area contributed by atoms with E-state index < -0.39 is 100.0 Å². The van der Waals surface area contributed by atoms with E-state index in [0.717, 1.165) is 58.7 Å². The molecule has 0 bridgehead atoms. The Morgan fingerprint density at radius 1 is 0.706 bits per heavy atom. The number of imidazole rings is 1. The van der Waals surface area contributed by atoms with Crippen molar-refractivity contribution in [3.63, 3.8) is 0 Å². The number of aromatic nitrogens is 3. The molecule has 3 heterocycles. The molecule has 0 saturated heterocycles. The lowest BCUT2D eigenvalue weighted by atomic mass is 10.1. The summed E-state index contributed by atoms with van der Waals surface area (Å²) in [5.74, 6) is -3.50. The van der Waals surface area contributed by atoms with Gasteiger partial charge in [-0.1, -0.05) is 17.4 Å². The van der Waals surface area contributed by atoms with Crippen LogP contribution in [0.3, 0.4) is 0 Å². The molecule has 85 heavy (non-hydrogen) atoms. The molecule has 0 spiro atoms. The summed E-state index contributed by atoms with van der Waals surface area (Å²) in [6.45, 7) is 4.82. The Morgan fingerprint density at radius 2 is 1.35 bits per heavy atom. The first-order valence-electron chi connectivity index (χ1n) is 23.8.